The number of aryl methyl sites for hydroxylation is 1. The molecule has 1 aromatic heterocycles. The molecule has 0 amide bonds. The summed E-state index contributed by atoms with van der Waals surface area (Å²) in [5.74, 6) is 0.713. The Balaban J connectivity index is 2.27. The predicted molar refractivity (Wildman–Crippen MR) is 69.9 cm³/mol. The Hall–Kier alpha value is -1.69. The van der Waals surface area contributed by atoms with Crippen molar-refractivity contribution < 1.29 is 4.92 Å². The van der Waals surface area contributed by atoms with Gasteiger partial charge in [-0.2, -0.15) is 0 Å². The molecule has 1 aromatic rings. The number of hydrogen-bond donors (Lipinski definition) is 1. The topological polar surface area (TPSA) is 71.3 Å². The van der Waals surface area contributed by atoms with Crippen LogP contribution in [0.3, 0.4) is 0 Å². The third-order valence-electron chi connectivity index (χ3n) is 3.37. The molecule has 1 aliphatic heterocycles. The highest BCUT2D eigenvalue weighted by molar-refractivity contribution is 5.51. The molecule has 0 radical (unpaired) electrons. The molecule has 0 bridgehead atoms. The third-order valence-corrected chi connectivity index (χ3v) is 3.37. The highest BCUT2D eigenvalue weighted by Crippen LogP contribution is 2.27. The van der Waals surface area contributed by atoms with Gasteiger partial charge in [0.2, 0.25) is 0 Å². The van der Waals surface area contributed by atoms with E-state index in [1.54, 1.807) is 19.2 Å². The van der Waals surface area contributed by atoms with Crippen molar-refractivity contribution in [1.29, 1.82) is 0 Å². The van der Waals surface area contributed by atoms with Gasteiger partial charge in [0.25, 0.3) is 5.69 Å². The van der Waals surface area contributed by atoms with Gasteiger partial charge in [0, 0.05) is 30.9 Å². The van der Waals surface area contributed by atoms with Crippen molar-refractivity contribution in [3.8, 4) is 0 Å². The lowest BCUT2D eigenvalue weighted by molar-refractivity contribution is -0.385. The van der Waals surface area contributed by atoms with Crippen LogP contribution in [0.15, 0.2) is 12.3 Å². The molecular weight excluding hydrogens is 232 g/mol. The van der Waals surface area contributed by atoms with Gasteiger partial charge in [-0.25, -0.2) is 4.98 Å². The second-order valence-corrected chi connectivity index (χ2v) is 4.63. The van der Waals surface area contributed by atoms with Crippen LogP contribution < -0.4 is 10.2 Å². The molecule has 2 rings (SSSR count). The normalized spacial score (nSPS) is 19.2. The first kappa shape index (κ1) is 12.8. The van der Waals surface area contributed by atoms with Crippen molar-refractivity contribution >= 4 is 11.5 Å². The summed E-state index contributed by atoms with van der Waals surface area (Å²) in [6.45, 7) is 3.51. The molecule has 0 aromatic carbocycles. The van der Waals surface area contributed by atoms with E-state index in [0.717, 1.165) is 25.9 Å². The summed E-state index contributed by atoms with van der Waals surface area (Å²) < 4.78 is 0. The summed E-state index contributed by atoms with van der Waals surface area (Å²) in [5, 5.41) is 14.1. The minimum Gasteiger partial charge on any atom is -0.352 e. The Morgan fingerprint density at radius 1 is 1.67 bits per heavy atom. The summed E-state index contributed by atoms with van der Waals surface area (Å²) in [7, 11) is 1.92. The van der Waals surface area contributed by atoms with E-state index in [1.165, 1.54) is 0 Å². The number of nitrogens with one attached hydrogen (secondary N) is 1. The lowest BCUT2D eigenvalue weighted by Gasteiger charge is -2.25. The van der Waals surface area contributed by atoms with Gasteiger partial charge in [-0.3, -0.25) is 10.1 Å². The van der Waals surface area contributed by atoms with Crippen molar-refractivity contribution in [2.75, 3.05) is 25.0 Å². The summed E-state index contributed by atoms with van der Waals surface area (Å²) >= 11 is 0. The van der Waals surface area contributed by atoms with Gasteiger partial charge in [0.15, 0.2) is 0 Å². The van der Waals surface area contributed by atoms with E-state index >= 15 is 0 Å². The fraction of sp³-hybridized carbons (Fsp3) is 0.583. The average Bonchev–Trinajstić information content (AvgIpc) is 2.78. The molecule has 1 fully saturated rings. The molecule has 6 heteroatoms. The maximum absolute atomic E-state index is 10.9. The van der Waals surface area contributed by atoms with E-state index in [9.17, 15) is 10.1 Å². The fourth-order valence-electron chi connectivity index (χ4n) is 2.44. The number of rotatable bonds is 4. The van der Waals surface area contributed by atoms with E-state index in [0.29, 0.717) is 17.4 Å². The maximum Gasteiger partial charge on any atom is 0.277 e. The first-order valence-corrected chi connectivity index (χ1v) is 6.15. The minimum atomic E-state index is -0.344. The van der Waals surface area contributed by atoms with Gasteiger partial charge in [-0.05, 0) is 26.8 Å². The molecule has 6 nitrogen and oxygen atoms in total. The quantitative estimate of drug-likeness (QED) is 0.647. The predicted octanol–water partition coefficient (Wildman–Crippen LogP) is 1.49. The molecule has 0 spiro atoms. The van der Waals surface area contributed by atoms with Crippen LogP contribution in [0, 0.1) is 17.0 Å². The smallest absolute Gasteiger partial charge is 0.277 e. The van der Waals surface area contributed by atoms with E-state index in [-0.39, 0.29) is 10.6 Å². The Kier molecular flexibility index (Phi) is 3.76. The number of aromatic nitrogens is 1. The molecule has 1 N–H and O–H groups in total. The number of pyridine rings is 1. The van der Waals surface area contributed by atoms with Crippen LogP contribution in [0.1, 0.15) is 18.4 Å². The second kappa shape index (κ2) is 5.30. The summed E-state index contributed by atoms with van der Waals surface area (Å²) in [5.41, 5.74) is 0.753. The zero-order chi connectivity index (χ0) is 13.1. The highest BCUT2D eigenvalue weighted by Gasteiger charge is 2.26. The van der Waals surface area contributed by atoms with E-state index < -0.39 is 0 Å². The minimum absolute atomic E-state index is 0.148. The van der Waals surface area contributed by atoms with Crippen molar-refractivity contribution in [1.82, 2.24) is 10.3 Å². The van der Waals surface area contributed by atoms with Gasteiger partial charge in [0.05, 0.1) is 11.0 Å². The largest absolute Gasteiger partial charge is 0.352 e. The molecule has 0 saturated carbocycles. The molecule has 18 heavy (non-hydrogen) atoms. The van der Waals surface area contributed by atoms with Gasteiger partial charge in [-0.1, -0.05) is 0 Å². The fourth-order valence-corrected chi connectivity index (χ4v) is 2.44. The van der Waals surface area contributed by atoms with Crippen LogP contribution in [-0.4, -0.2) is 36.1 Å². The zero-order valence-electron chi connectivity index (χ0n) is 10.7. The lowest BCUT2D eigenvalue weighted by Crippen LogP contribution is -2.37. The molecule has 1 unspecified atom stereocenters. The molecule has 98 valence electrons. The van der Waals surface area contributed by atoms with Gasteiger partial charge in [-0.15, -0.1) is 0 Å². The zero-order valence-corrected chi connectivity index (χ0v) is 10.7. The Morgan fingerprint density at radius 3 is 3.11 bits per heavy atom. The average molecular weight is 250 g/mol. The van der Waals surface area contributed by atoms with Crippen LogP contribution in [0.4, 0.5) is 11.5 Å². The standard InChI is InChI=1S/C12H18N4O2/c1-9-7-14-12(6-11(9)16(17)18)15-5-3-4-10(15)8-13-2/h6-7,10,13H,3-5,8H2,1-2H3. The number of anilines is 1. The molecule has 2 heterocycles. The van der Waals surface area contributed by atoms with Crippen molar-refractivity contribution in [3.05, 3.63) is 27.9 Å². The molecule has 0 aliphatic carbocycles. The van der Waals surface area contributed by atoms with E-state index in [1.807, 2.05) is 7.05 Å². The lowest BCUT2D eigenvalue weighted by atomic mass is 10.2. The second-order valence-electron chi connectivity index (χ2n) is 4.63. The van der Waals surface area contributed by atoms with Crippen LogP contribution in [0.2, 0.25) is 0 Å². The summed E-state index contributed by atoms with van der Waals surface area (Å²) in [6.07, 6.45) is 3.79. The Bertz CT molecular complexity index is 450. The van der Waals surface area contributed by atoms with E-state index in [4.69, 9.17) is 0 Å². The van der Waals surface area contributed by atoms with E-state index in [2.05, 4.69) is 15.2 Å². The van der Waals surface area contributed by atoms with Crippen LogP contribution in [-0.2, 0) is 0 Å². The highest BCUT2D eigenvalue weighted by atomic mass is 16.6. The number of nitrogens with zero attached hydrogens (tertiary/aromatic N) is 3. The summed E-state index contributed by atoms with van der Waals surface area (Å²) in [4.78, 5) is 17.1. The van der Waals surface area contributed by atoms with Gasteiger partial charge >= 0.3 is 0 Å². The number of nitro groups is 1. The first-order valence-electron chi connectivity index (χ1n) is 6.15. The van der Waals surface area contributed by atoms with Crippen LogP contribution in [0.5, 0.6) is 0 Å². The van der Waals surface area contributed by atoms with Gasteiger partial charge in [0.1, 0.15) is 5.82 Å². The van der Waals surface area contributed by atoms with Crippen molar-refractivity contribution in [3.63, 3.8) is 0 Å². The molecule has 1 saturated heterocycles. The third kappa shape index (κ3) is 2.43. The molecule has 1 atom stereocenters. The van der Waals surface area contributed by atoms with Crippen molar-refractivity contribution in [2.45, 2.75) is 25.8 Å². The van der Waals surface area contributed by atoms with Crippen LogP contribution >= 0.6 is 0 Å². The van der Waals surface area contributed by atoms with Gasteiger partial charge < -0.3 is 10.2 Å². The molecule has 1 aliphatic rings. The maximum atomic E-state index is 10.9. The number of hydrogen-bond acceptors (Lipinski definition) is 5. The number of likely N-dealkylation sites (N-methyl/N-ethyl adjacent to an activating group) is 1. The first-order chi connectivity index (χ1) is 8.63. The monoisotopic (exact) mass is 250 g/mol. The Morgan fingerprint density at radius 2 is 2.44 bits per heavy atom. The Labute approximate surface area is 106 Å². The van der Waals surface area contributed by atoms with Crippen LogP contribution in [0.25, 0.3) is 0 Å². The summed E-state index contributed by atoms with van der Waals surface area (Å²) in [6, 6.07) is 1.97. The molecular formula is C12H18N4O2. The SMILES string of the molecule is CNCC1CCCN1c1cc([N+](=O)[O-])c(C)cn1. The van der Waals surface area contributed by atoms with Crippen molar-refractivity contribution in [2.24, 2.45) is 0 Å².